The number of nitro groups is 1. The van der Waals surface area contributed by atoms with Gasteiger partial charge in [0.2, 0.25) is 0 Å². The van der Waals surface area contributed by atoms with Crippen LogP contribution in [0.4, 0.5) is 5.69 Å². The number of nitrogens with zero attached hydrogens (tertiary/aromatic N) is 4. The van der Waals surface area contributed by atoms with Crippen LogP contribution in [0.1, 0.15) is 10.4 Å². The third-order valence-corrected chi connectivity index (χ3v) is 4.28. The zero-order valence-electron chi connectivity index (χ0n) is 13.7. The Kier molecular flexibility index (Phi) is 4.90. The molecule has 1 amide bonds. The van der Waals surface area contributed by atoms with E-state index < -0.39 is 4.92 Å². The summed E-state index contributed by atoms with van der Waals surface area (Å²) in [4.78, 5) is 27.2. The molecule has 0 spiro atoms. The van der Waals surface area contributed by atoms with Gasteiger partial charge in [0.15, 0.2) is 0 Å². The van der Waals surface area contributed by atoms with Crippen molar-refractivity contribution in [1.82, 2.24) is 20.0 Å². The number of piperazine rings is 1. The molecule has 1 aliphatic rings. The predicted octanol–water partition coefficient (Wildman–Crippen LogP) is 1.93. The quantitative estimate of drug-likeness (QED) is 0.509. The molecule has 2 heterocycles. The fourth-order valence-corrected chi connectivity index (χ4v) is 2.90. The van der Waals surface area contributed by atoms with Crippen LogP contribution in [0.15, 0.2) is 43.1 Å². The second-order valence-electron chi connectivity index (χ2n) is 5.84. The summed E-state index contributed by atoms with van der Waals surface area (Å²) in [6.07, 6.45) is 3.37. The van der Waals surface area contributed by atoms with Gasteiger partial charge in [0, 0.05) is 50.4 Å². The summed E-state index contributed by atoms with van der Waals surface area (Å²) in [6, 6.07) is 6.06. The number of carbonyl (C=O) groups excluding carboxylic acids is 1. The van der Waals surface area contributed by atoms with Crippen molar-refractivity contribution in [1.29, 1.82) is 0 Å². The van der Waals surface area contributed by atoms with Crippen molar-refractivity contribution in [2.75, 3.05) is 32.7 Å². The minimum absolute atomic E-state index is 0.00878. The number of rotatable bonds is 5. The van der Waals surface area contributed by atoms with E-state index in [1.54, 1.807) is 17.0 Å². The molecule has 0 saturated carbocycles. The predicted molar refractivity (Wildman–Crippen MR) is 93.2 cm³/mol. The molecule has 1 aromatic carbocycles. The fraction of sp³-hybridized carbons (Fsp3) is 0.294. The number of nitrogens with one attached hydrogen (secondary N) is 1. The van der Waals surface area contributed by atoms with E-state index in [1.165, 1.54) is 18.3 Å². The van der Waals surface area contributed by atoms with E-state index >= 15 is 0 Å². The lowest BCUT2D eigenvalue weighted by Gasteiger charge is -2.34. The van der Waals surface area contributed by atoms with Crippen LogP contribution in [0.5, 0.6) is 0 Å². The average Bonchev–Trinajstić information content (AvgIpc) is 3.12. The van der Waals surface area contributed by atoms with Crippen molar-refractivity contribution in [3.63, 3.8) is 0 Å². The van der Waals surface area contributed by atoms with Crippen molar-refractivity contribution < 1.29 is 9.72 Å². The highest BCUT2D eigenvalue weighted by Crippen LogP contribution is 2.25. The van der Waals surface area contributed by atoms with E-state index in [0.717, 1.165) is 19.6 Å². The number of hydrogen-bond acceptors (Lipinski definition) is 5. The molecular weight excluding hydrogens is 322 g/mol. The SMILES string of the molecule is C=CCN1CCN(C(=O)c2cn[nH]c2-c2ccc([N+](=O)[O-])cc2)CC1. The molecule has 8 heteroatoms. The summed E-state index contributed by atoms with van der Waals surface area (Å²) in [5.41, 5.74) is 1.76. The Morgan fingerprint density at radius 3 is 2.56 bits per heavy atom. The van der Waals surface area contributed by atoms with Crippen molar-refractivity contribution in [2.45, 2.75) is 0 Å². The minimum atomic E-state index is -0.453. The van der Waals surface area contributed by atoms with Crippen LogP contribution < -0.4 is 0 Å². The van der Waals surface area contributed by atoms with Gasteiger partial charge in [-0.1, -0.05) is 6.08 Å². The van der Waals surface area contributed by atoms with Crippen molar-refractivity contribution in [3.8, 4) is 11.3 Å². The zero-order chi connectivity index (χ0) is 17.8. The Hall–Kier alpha value is -3.00. The van der Waals surface area contributed by atoms with E-state index in [1.807, 2.05) is 6.08 Å². The van der Waals surface area contributed by atoms with Crippen molar-refractivity contribution in [3.05, 3.63) is 58.8 Å². The van der Waals surface area contributed by atoms with Crippen LogP contribution in [0.25, 0.3) is 11.3 Å². The topological polar surface area (TPSA) is 95.4 Å². The Bertz CT molecular complexity index is 776. The van der Waals surface area contributed by atoms with Gasteiger partial charge in [-0.15, -0.1) is 6.58 Å². The smallest absolute Gasteiger partial charge is 0.269 e. The molecule has 0 bridgehead atoms. The maximum atomic E-state index is 12.8. The molecule has 1 aliphatic heterocycles. The van der Waals surface area contributed by atoms with Gasteiger partial charge in [0.05, 0.1) is 22.4 Å². The molecule has 0 unspecified atom stereocenters. The lowest BCUT2D eigenvalue weighted by molar-refractivity contribution is -0.384. The molecule has 0 radical (unpaired) electrons. The Morgan fingerprint density at radius 2 is 1.96 bits per heavy atom. The molecule has 1 N–H and O–H groups in total. The van der Waals surface area contributed by atoms with Crippen LogP contribution in [0.3, 0.4) is 0 Å². The van der Waals surface area contributed by atoms with E-state index in [9.17, 15) is 14.9 Å². The van der Waals surface area contributed by atoms with Gasteiger partial charge >= 0.3 is 0 Å². The van der Waals surface area contributed by atoms with Gasteiger partial charge in [0.25, 0.3) is 11.6 Å². The highest BCUT2D eigenvalue weighted by molar-refractivity contribution is 5.99. The third kappa shape index (κ3) is 3.58. The summed E-state index contributed by atoms with van der Waals surface area (Å²) >= 11 is 0. The molecule has 1 aromatic heterocycles. The lowest BCUT2D eigenvalue weighted by atomic mass is 10.1. The van der Waals surface area contributed by atoms with Crippen molar-refractivity contribution >= 4 is 11.6 Å². The lowest BCUT2D eigenvalue weighted by Crippen LogP contribution is -2.48. The summed E-state index contributed by atoms with van der Waals surface area (Å²) in [5.74, 6) is -0.0830. The van der Waals surface area contributed by atoms with Crippen molar-refractivity contribution in [2.24, 2.45) is 0 Å². The molecule has 25 heavy (non-hydrogen) atoms. The number of hydrogen-bond donors (Lipinski definition) is 1. The standard InChI is InChI=1S/C17H19N5O3/c1-2-7-20-8-10-21(11-9-20)17(23)15-12-18-19-16(15)13-3-5-14(6-4-13)22(24)25/h2-6,12H,1,7-11H2,(H,18,19). The molecule has 130 valence electrons. The molecule has 3 rings (SSSR count). The van der Waals surface area contributed by atoms with E-state index in [4.69, 9.17) is 0 Å². The highest BCUT2D eigenvalue weighted by Gasteiger charge is 2.25. The second kappa shape index (κ2) is 7.27. The third-order valence-electron chi connectivity index (χ3n) is 4.28. The average molecular weight is 341 g/mol. The number of amides is 1. The Balaban J connectivity index is 1.76. The van der Waals surface area contributed by atoms with Crippen LogP contribution >= 0.6 is 0 Å². The normalized spacial score (nSPS) is 15.1. The zero-order valence-corrected chi connectivity index (χ0v) is 13.7. The fourth-order valence-electron chi connectivity index (χ4n) is 2.90. The Morgan fingerprint density at radius 1 is 1.28 bits per heavy atom. The van der Waals surface area contributed by atoms with Crippen LogP contribution in [0.2, 0.25) is 0 Å². The van der Waals surface area contributed by atoms with Gasteiger partial charge in [-0.05, 0) is 12.1 Å². The van der Waals surface area contributed by atoms with Crippen LogP contribution in [0, 0.1) is 10.1 Å². The molecule has 1 saturated heterocycles. The largest absolute Gasteiger partial charge is 0.336 e. The monoisotopic (exact) mass is 341 g/mol. The summed E-state index contributed by atoms with van der Waals surface area (Å²) in [5, 5.41) is 17.6. The number of non-ortho nitro benzene ring substituents is 1. The molecule has 8 nitrogen and oxygen atoms in total. The number of aromatic nitrogens is 2. The van der Waals surface area contributed by atoms with Crippen LogP contribution in [-0.2, 0) is 0 Å². The van der Waals surface area contributed by atoms with Gasteiger partial charge in [-0.25, -0.2) is 0 Å². The number of nitro benzene ring substituents is 1. The van der Waals surface area contributed by atoms with Gasteiger partial charge in [-0.3, -0.25) is 24.9 Å². The summed E-state index contributed by atoms with van der Waals surface area (Å²) in [7, 11) is 0. The first-order valence-corrected chi connectivity index (χ1v) is 8.01. The van der Waals surface area contributed by atoms with E-state index in [-0.39, 0.29) is 11.6 Å². The summed E-state index contributed by atoms with van der Waals surface area (Å²) in [6.45, 7) is 7.47. The molecular formula is C17H19N5O3. The van der Waals surface area contributed by atoms with E-state index in [0.29, 0.717) is 29.9 Å². The molecule has 1 fully saturated rings. The number of aromatic amines is 1. The maximum absolute atomic E-state index is 12.8. The van der Waals surface area contributed by atoms with E-state index in [2.05, 4.69) is 21.7 Å². The minimum Gasteiger partial charge on any atom is -0.336 e. The Labute approximate surface area is 144 Å². The first-order valence-electron chi connectivity index (χ1n) is 8.01. The van der Waals surface area contributed by atoms with Gasteiger partial charge < -0.3 is 4.90 Å². The first-order chi connectivity index (χ1) is 12.1. The molecule has 0 aliphatic carbocycles. The van der Waals surface area contributed by atoms with Gasteiger partial charge in [-0.2, -0.15) is 5.10 Å². The van der Waals surface area contributed by atoms with Crippen LogP contribution in [-0.4, -0.2) is 63.6 Å². The number of carbonyl (C=O) groups is 1. The first kappa shape index (κ1) is 16.8. The maximum Gasteiger partial charge on any atom is 0.269 e. The molecule has 0 atom stereocenters. The van der Waals surface area contributed by atoms with Gasteiger partial charge in [0.1, 0.15) is 0 Å². The summed E-state index contributed by atoms with van der Waals surface area (Å²) < 4.78 is 0. The highest BCUT2D eigenvalue weighted by atomic mass is 16.6. The second-order valence-corrected chi connectivity index (χ2v) is 5.84. The molecule has 2 aromatic rings. The number of H-pyrrole nitrogens is 1. The number of benzene rings is 1.